The summed E-state index contributed by atoms with van der Waals surface area (Å²) in [5.41, 5.74) is 13.6. The first-order chi connectivity index (χ1) is 12.5. The van der Waals surface area contributed by atoms with Crippen LogP contribution in [0.25, 0.3) is 22.2 Å². The molecule has 0 aliphatic heterocycles. The van der Waals surface area contributed by atoms with Crippen LogP contribution in [0.3, 0.4) is 0 Å². The lowest BCUT2D eigenvalue weighted by molar-refractivity contribution is 0.619. The summed E-state index contributed by atoms with van der Waals surface area (Å²) in [5, 5.41) is 9.19. The average molecular weight is 347 g/mol. The molecule has 3 N–H and O–H groups in total. The summed E-state index contributed by atoms with van der Waals surface area (Å²) in [5.74, 6) is -0.206. The number of nitrogens with two attached hydrogens (primary N) is 1. The van der Waals surface area contributed by atoms with Crippen LogP contribution < -0.4 is 5.73 Å². The zero-order chi connectivity index (χ0) is 18.4. The van der Waals surface area contributed by atoms with E-state index in [2.05, 4.69) is 0 Å². The molecule has 0 saturated heterocycles. The molecular formula is C22H22FN3. The van der Waals surface area contributed by atoms with Crippen LogP contribution in [-0.2, 0) is 12.8 Å². The third kappa shape index (κ3) is 2.57. The Hall–Kier alpha value is -2.75. The first-order valence-corrected chi connectivity index (χ1v) is 9.03. The van der Waals surface area contributed by atoms with Crippen LogP contribution in [0, 0.1) is 18.2 Å². The molecule has 3 aromatic rings. The molecule has 1 heterocycles. The van der Waals surface area contributed by atoms with Crippen LogP contribution in [0.4, 0.5) is 10.1 Å². The molecule has 132 valence electrons. The molecule has 0 fully saturated rings. The Balaban J connectivity index is 2.09. The van der Waals surface area contributed by atoms with Crippen molar-refractivity contribution in [1.29, 1.82) is 5.41 Å². The van der Waals surface area contributed by atoms with E-state index in [4.69, 9.17) is 16.1 Å². The molecule has 0 amide bonds. The highest BCUT2D eigenvalue weighted by molar-refractivity contribution is 6.13. The monoisotopic (exact) mass is 347 g/mol. The number of aryl methyl sites for hydroxylation is 2. The van der Waals surface area contributed by atoms with Gasteiger partial charge in [0.05, 0.1) is 11.2 Å². The molecule has 4 heteroatoms. The van der Waals surface area contributed by atoms with Crippen LogP contribution in [0.15, 0.2) is 30.3 Å². The summed E-state index contributed by atoms with van der Waals surface area (Å²) in [6.07, 6.45) is 4.08. The number of aromatic nitrogens is 1. The minimum absolute atomic E-state index is 0.206. The van der Waals surface area contributed by atoms with E-state index in [1.165, 1.54) is 11.1 Å². The van der Waals surface area contributed by atoms with Crippen molar-refractivity contribution in [3.05, 3.63) is 58.4 Å². The van der Waals surface area contributed by atoms with Crippen molar-refractivity contribution in [3.8, 4) is 11.3 Å². The summed E-state index contributed by atoms with van der Waals surface area (Å²) in [7, 11) is 0. The lowest BCUT2D eigenvalue weighted by Gasteiger charge is -2.23. The van der Waals surface area contributed by atoms with Crippen LogP contribution >= 0.6 is 0 Å². The maximum atomic E-state index is 14.2. The van der Waals surface area contributed by atoms with Gasteiger partial charge in [-0.1, -0.05) is 12.1 Å². The molecule has 0 atom stereocenters. The summed E-state index contributed by atoms with van der Waals surface area (Å²) < 4.78 is 14.2. The fraction of sp³-hybridized carbons (Fsp3) is 0.273. The standard InChI is InChI=1S/C22H22FN3/c1-12-7-8-14(11-17(12)23)22-16-6-4-3-5-15(16)21-19(26-22)10-9-18(25)20(21)13(2)24/h7-11,24H,3-6,25H2,1-2H3. The Kier molecular flexibility index (Phi) is 3.98. The van der Waals surface area contributed by atoms with Crippen molar-refractivity contribution in [2.75, 3.05) is 5.73 Å². The first-order valence-electron chi connectivity index (χ1n) is 9.03. The topological polar surface area (TPSA) is 62.8 Å². The second kappa shape index (κ2) is 6.20. The Morgan fingerprint density at radius 2 is 1.85 bits per heavy atom. The van der Waals surface area contributed by atoms with Gasteiger partial charge in [-0.2, -0.15) is 0 Å². The predicted octanol–water partition coefficient (Wildman–Crippen LogP) is 5.20. The molecule has 0 spiro atoms. The van der Waals surface area contributed by atoms with Gasteiger partial charge in [0.25, 0.3) is 0 Å². The summed E-state index contributed by atoms with van der Waals surface area (Å²) in [4.78, 5) is 4.89. The van der Waals surface area contributed by atoms with Crippen molar-refractivity contribution in [2.45, 2.75) is 39.5 Å². The highest BCUT2D eigenvalue weighted by Gasteiger charge is 2.22. The normalized spacial score (nSPS) is 13.7. The second-order valence-electron chi connectivity index (χ2n) is 7.14. The van der Waals surface area contributed by atoms with E-state index in [0.717, 1.165) is 53.4 Å². The molecule has 1 aliphatic carbocycles. The number of nitrogen functional groups attached to an aromatic ring is 1. The van der Waals surface area contributed by atoms with Gasteiger partial charge in [0.1, 0.15) is 5.82 Å². The quantitative estimate of drug-likeness (QED) is 0.494. The van der Waals surface area contributed by atoms with Gasteiger partial charge < -0.3 is 11.1 Å². The number of nitrogens with zero attached hydrogens (tertiary/aromatic N) is 1. The minimum atomic E-state index is -0.206. The SMILES string of the molecule is CC(=N)c1c(N)ccc2nc(-c3ccc(C)c(F)c3)c3c(c12)CCCC3. The van der Waals surface area contributed by atoms with Crippen molar-refractivity contribution in [2.24, 2.45) is 0 Å². The number of benzene rings is 2. The van der Waals surface area contributed by atoms with E-state index in [1.54, 1.807) is 19.9 Å². The van der Waals surface area contributed by atoms with Crippen LogP contribution in [0.1, 0.15) is 42.0 Å². The molecular weight excluding hydrogens is 325 g/mol. The van der Waals surface area contributed by atoms with Gasteiger partial charge in [-0.15, -0.1) is 0 Å². The van der Waals surface area contributed by atoms with E-state index in [1.807, 2.05) is 24.3 Å². The third-order valence-corrected chi connectivity index (χ3v) is 5.32. The van der Waals surface area contributed by atoms with Crippen molar-refractivity contribution in [3.63, 3.8) is 0 Å². The summed E-state index contributed by atoms with van der Waals surface area (Å²) >= 11 is 0. The zero-order valence-electron chi connectivity index (χ0n) is 15.1. The van der Waals surface area contributed by atoms with Crippen LogP contribution in [0.2, 0.25) is 0 Å². The molecule has 0 bridgehead atoms. The van der Waals surface area contributed by atoms with Crippen molar-refractivity contribution >= 4 is 22.3 Å². The van der Waals surface area contributed by atoms with E-state index in [9.17, 15) is 4.39 Å². The Bertz CT molecular complexity index is 1050. The van der Waals surface area contributed by atoms with Crippen LogP contribution in [0.5, 0.6) is 0 Å². The van der Waals surface area contributed by atoms with Crippen molar-refractivity contribution < 1.29 is 4.39 Å². The largest absolute Gasteiger partial charge is 0.398 e. The van der Waals surface area contributed by atoms with E-state index in [0.29, 0.717) is 17.0 Å². The number of hydrogen-bond donors (Lipinski definition) is 2. The van der Waals surface area contributed by atoms with Crippen LogP contribution in [-0.4, -0.2) is 10.7 Å². The number of nitrogens with one attached hydrogen (secondary N) is 1. The molecule has 1 aliphatic rings. The van der Waals surface area contributed by atoms with E-state index < -0.39 is 0 Å². The van der Waals surface area contributed by atoms with Gasteiger partial charge in [0.2, 0.25) is 0 Å². The molecule has 2 aromatic carbocycles. The highest BCUT2D eigenvalue weighted by atomic mass is 19.1. The minimum Gasteiger partial charge on any atom is -0.398 e. The second-order valence-corrected chi connectivity index (χ2v) is 7.14. The number of halogens is 1. The molecule has 1 aromatic heterocycles. The maximum Gasteiger partial charge on any atom is 0.126 e. The van der Waals surface area contributed by atoms with Gasteiger partial charge in [0.15, 0.2) is 0 Å². The summed E-state index contributed by atoms with van der Waals surface area (Å²) in [6, 6.07) is 9.07. The van der Waals surface area contributed by atoms with Crippen molar-refractivity contribution in [1.82, 2.24) is 4.98 Å². The number of hydrogen-bond acceptors (Lipinski definition) is 3. The first kappa shape index (κ1) is 16.7. The molecule has 4 rings (SSSR count). The zero-order valence-corrected chi connectivity index (χ0v) is 15.1. The molecule has 3 nitrogen and oxygen atoms in total. The average Bonchev–Trinajstić information content (AvgIpc) is 2.63. The maximum absolute atomic E-state index is 14.2. The van der Waals surface area contributed by atoms with E-state index in [-0.39, 0.29) is 5.82 Å². The van der Waals surface area contributed by atoms with Gasteiger partial charge in [-0.05, 0) is 74.4 Å². The molecule has 0 radical (unpaired) electrons. The Morgan fingerprint density at radius 1 is 1.12 bits per heavy atom. The number of fused-ring (bicyclic) bond motifs is 3. The van der Waals surface area contributed by atoms with Gasteiger partial charge in [-0.25, -0.2) is 9.37 Å². The van der Waals surface area contributed by atoms with Gasteiger partial charge in [-0.3, -0.25) is 0 Å². The number of pyridine rings is 1. The lowest BCUT2D eigenvalue weighted by Crippen LogP contribution is -2.11. The highest BCUT2D eigenvalue weighted by Crippen LogP contribution is 2.38. The summed E-state index contributed by atoms with van der Waals surface area (Å²) in [6.45, 7) is 3.54. The molecule has 0 saturated carbocycles. The fourth-order valence-corrected chi connectivity index (χ4v) is 4.02. The number of anilines is 1. The Labute approximate surface area is 152 Å². The van der Waals surface area contributed by atoms with Gasteiger partial charge >= 0.3 is 0 Å². The Morgan fingerprint density at radius 3 is 2.54 bits per heavy atom. The van der Waals surface area contributed by atoms with E-state index >= 15 is 0 Å². The lowest BCUT2D eigenvalue weighted by atomic mass is 9.84. The molecule has 0 unspecified atom stereocenters. The predicted molar refractivity (Wildman–Crippen MR) is 105 cm³/mol. The smallest absolute Gasteiger partial charge is 0.126 e. The fourth-order valence-electron chi connectivity index (χ4n) is 4.02. The van der Waals surface area contributed by atoms with Gasteiger partial charge in [0, 0.05) is 27.9 Å². The number of rotatable bonds is 2. The third-order valence-electron chi connectivity index (χ3n) is 5.32. The molecule has 26 heavy (non-hydrogen) atoms.